The van der Waals surface area contributed by atoms with E-state index in [-0.39, 0.29) is 35.5 Å². The molecule has 0 aromatic heterocycles. The van der Waals surface area contributed by atoms with E-state index in [0.29, 0.717) is 0 Å². The van der Waals surface area contributed by atoms with Crippen molar-refractivity contribution in [3.63, 3.8) is 0 Å². The molecule has 3 amide bonds. The number of amides is 3. The molecule has 294 valence electrons. The number of β-lactam (4-membered cyclic amide) rings is 1. The molecule has 2 aliphatic carbocycles. The molecule has 0 spiro atoms. The molecule has 0 unspecified atom stereocenters. The summed E-state index contributed by atoms with van der Waals surface area (Å²) in [5, 5.41) is 24.5. The lowest BCUT2D eigenvalue weighted by Gasteiger charge is -2.55. The summed E-state index contributed by atoms with van der Waals surface area (Å²) in [6.07, 6.45) is 12.9. The van der Waals surface area contributed by atoms with Crippen LogP contribution in [0.1, 0.15) is 89.0 Å². The summed E-state index contributed by atoms with van der Waals surface area (Å²) in [6.45, 7) is 1.33. The Morgan fingerprint density at radius 1 is 1.00 bits per heavy atom. The molecule has 16 nitrogen and oxygen atoms in total. The van der Waals surface area contributed by atoms with Crippen molar-refractivity contribution in [2.75, 3.05) is 19.5 Å². The van der Waals surface area contributed by atoms with Gasteiger partial charge in [-0.2, -0.15) is 4.72 Å². The van der Waals surface area contributed by atoms with Crippen LogP contribution in [0.2, 0.25) is 0 Å². The number of fused-ring (bicyclic) bond motifs is 1. The van der Waals surface area contributed by atoms with Gasteiger partial charge in [-0.3, -0.25) is 19.3 Å². The third-order valence-corrected chi connectivity index (χ3v) is 12.7. The summed E-state index contributed by atoms with van der Waals surface area (Å²) in [6, 6.07) is 6.05. The summed E-state index contributed by atoms with van der Waals surface area (Å²) in [5.74, 6) is -4.43. The summed E-state index contributed by atoms with van der Waals surface area (Å²) >= 11 is 1.07. The van der Waals surface area contributed by atoms with Gasteiger partial charge in [0, 0.05) is 36.9 Å². The average molecular weight is 782 g/mol. The molecule has 4 aliphatic rings. The van der Waals surface area contributed by atoms with Crippen LogP contribution in [0.5, 0.6) is 0 Å². The zero-order valence-electron chi connectivity index (χ0n) is 30.1. The summed E-state index contributed by atoms with van der Waals surface area (Å²) < 4.78 is 37.3. The fourth-order valence-corrected chi connectivity index (χ4v) is 9.67. The predicted molar refractivity (Wildman–Crippen MR) is 195 cm³/mol. The molecular weight excluding hydrogens is 731 g/mol. The molecular formula is C35H51N5O11S2. The second-order valence-corrected chi connectivity index (χ2v) is 16.5. The largest absolute Gasteiger partial charge is 0.480 e. The van der Waals surface area contributed by atoms with Gasteiger partial charge in [0.05, 0.1) is 4.90 Å². The summed E-state index contributed by atoms with van der Waals surface area (Å²) in [5.41, 5.74) is 3.58. The molecule has 2 heterocycles. The maximum atomic E-state index is 13.1. The molecule has 53 heavy (non-hydrogen) atoms. The van der Waals surface area contributed by atoms with Crippen molar-refractivity contribution in [2.24, 2.45) is 5.73 Å². The van der Waals surface area contributed by atoms with Crippen LogP contribution in [0.3, 0.4) is 0 Å². The molecule has 1 aromatic carbocycles. The first kappa shape index (κ1) is 42.0. The monoisotopic (exact) mass is 781 g/mol. The number of nitrogens with one attached hydrogen (secondary N) is 3. The number of carboxylic acids is 2. The number of primary amides is 1. The number of carbonyl (C=O) groups is 5. The highest BCUT2D eigenvalue weighted by Crippen LogP contribution is 2.46. The number of rotatable bonds is 15. The van der Waals surface area contributed by atoms with Gasteiger partial charge in [0.1, 0.15) is 23.7 Å². The first-order valence-electron chi connectivity index (χ1n) is 17.9. The van der Waals surface area contributed by atoms with E-state index in [1.165, 1.54) is 76.3 Å². The first-order chi connectivity index (χ1) is 25.2. The Bertz CT molecular complexity index is 1610. The fraction of sp³-hybridized carbons (Fsp3) is 0.629. The number of thioether (sulfide) groups is 1. The lowest BCUT2D eigenvalue weighted by Crippen LogP contribution is -2.80. The highest BCUT2D eigenvalue weighted by Gasteiger charge is 2.66. The molecule has 18 heteroatoms. The second kappa shape index (κ2) is 19.1. The molecule has 7 N–H and O–H groups in total. The Morgan fingerprint density at radius 2 is 1.58 bits per heavy atom. The third kappa shape index (κ3) is 10.9. The number of hydrogen-bond donors (Lipinski definition) is 6. The Hall–Kier alpha value is -3.71. The minimum absolute atomic E-state index is 0.0335. The topological polar surface area (TPSA) is 244 Å². The number of ether oxygens (including phenoxy) is 2. The lowest BCUT2D eigenvalue weighted by molar-refractivity contribution is -0.192. The standard InChI is InChI=1S/C23H28N4O11S2.C12H23N/c1-12-6-8-14(9-7-12)40(35,36)26-15(18(29)30)4-3-5-16(28)25-23(37-2)20(33)27-17(19(31)32)13(10-38-22(24)34)11-39-21(23)27;1-3-7-11(8-4-1)13-12-9-5-2-6-10-12/h6-9,15,21,26H,3-5,10-11H2,1-2H3,(H2,24,34)(H,25,28)(H,29,30)(H,31,32);11-13H,1-10H2/t15-,21-,23+;/m1./s1. The number of aliphatic carboxylic acids is 2. The Kier molecular flexibility index (Phi) is 15.1. The van der Waals surface area contributed by atoms with E-state index in [1.54, 1.807) is 19.1 Å². The maximum Gasteiger partial charge on any atom is 0.404 e. The lowest BCUT2D eigenvalue weighted by atomic mass is 9.91. The fourth-order valence-electron chi connectivity index (χ4n) is 7.03. The number of carbonyl (C=O) groups excluding carboxylic acids is 3. The van der Waals surface area contributed by atoms with Gasteiger partial charge in [-0.05, 0) is 57.6 Å². The molecule has 0 radical (unpaired) electrons. The normalized spacial score (nSPS) is 22.8. The average Bonchev–Trinajstić information content (AvgIpc) is 3.13. The van der Waals surface area contributed by atoms with Gasteiger partial charge in [0.25, 0.3) is 11.6 Å². The number of methoxy groups -OCH3 is 1. The molecule has 3 fully saturated rings. The van der Waals surface area contributed by atoms with E-state index in [2.05, 4.69) is 20.1 Å². The van der Waals surface area contributed by atoms with Crippen molar-refractivity contribution in [2.45, 2.75) is 125 Å². The van der Waals surface area contributed by atoms with Crippen LogP contribution in [0.15, 0.2) is 40.4 Å². The van der Waals surface area contributed by atoms with Crippen molar-refractivity contribution < 1.29 is 52.1 Å². The Balaban J connectivity index is 0.000000401. The van der Waals surface area contributed by atoms with E-state index < -0.39 is 69.3 Å². The van der Waals surface area contributed by atoms with Gasteiger partial charge >= 0.3 is 18.0 Å². The second-order valence-electron chi connectivity index (χ2n) is 13.7. The number of benzene rings is 1. The van der Waals surface area contributed by atoms with Crippen molar-refractivity contribution >= 4 is 51.6 Å². The summed E-state index contributed by atoms with van der Waals surface area (Å²) in [4.78, 5) is 61.1. The van der Waals surface area contributed by atoms with Crippen molar-refractivity contribution in [1.29, 1.82) is 0 Å². The minimum Gasteiger partial charge on any atom is -0.480 e. The molecule has 1 aromatic rings. The van der Waals surface area contributed by atoms with Crippen LogP contribution in [-0.2, 0) is 38.7 Å². The Morgan fingerprint density at radius 3 is 2.09 bits per heavy atom. The number of carboxylic acid groups (broad SMARTS) is 2. The molecule has 2 aliphatic heterocycles. The van der Waals surface area contributed by atoms with Crippen LogP contribution >= 0.6 is 11.8 Å². The zero-order chi connectivity index (χ0) is 38.8. The van der Waals surface area contributed by atoms with Gasteiger partial charge in [0.15, 0.2) is 0 Å². The highest BCUT2D eigenvalue weighted by atomic mass is 32.2. The minimum atomic E-state index is -4.14. The summed E-state index contributed by atoms with van der Waals surface area (Å²) in [7, 11) is -2.98. The van der Waals surface area contributed by atoms with Crippen LogP contribution in [0.25, 0.3) is 0 Å². The van der Waals surface area contributed by atoms with E-state index in [1.807, 2.05) is 0 Å². The van der Waals surface area contributed by atoms with Gasteiger partial charge in [-0.15, -0.1) is 11.8 Å². The zero-order valence-corrected chi connectivity index (χ0v) is 31.8. The quantitative estimate of drug-likeness (QED) is 0.111. The van der Waals surface area contributed by atoms with Crippen molar-refractivity contribution in [1.82, 2.24) is 20.3 Å². The SMILES string of the molecule is C1CCC(NC2CCCCC2)CC1.CO[C@@]1(NC(=O)CCC[C@@H](NS(=O)(=O)c2ccc(C)cc2)C(=O)O)C(=O)N2C(C(=O)O)=C(COC(N)=O)CS[C@@H]21. The van der Waals surface area contributed by atoms with Crippen molar-refractivity contribution in [3.8, 4) is 0 Å². The van der Waals surface area contributed by atoms with Gasteiger partial charge < -0.3 is 36.1 Å². The van der Waals surface area contributed by atoms with Gasteiger partial charge in [-0.25, -0.2) is 18.0 Å². The van der Waals surface area contributed by atoms with Crippen LogP contribution in [0, 0.1) is 6.92 Å². The van der Waals surface area contributed by atoms with Crippen molar-refractivity contribution in [3.05, 3.63) is 41.1 Å². The third-order valence-electron chi connectivity index (χ3n) is 9.85. The Labute approximate surface area is 314 Å². The predicted octanol–water partition coefficient (Wildman–Crippen LogP) is 2.95. The molecule has 1 saturated heterocycles. The first-order valence-corrected chi connectivity index (χ1v) is 20.5. The number of nitrogens with two attached hydrogens (primary N) is 1. The highest BCUT2D eigenvalue weighted by molar-refractivity contribution is 8.00. The number of sulfonamides is 1. The molecule has 5 rings (SSSR count). The van der Waals surface area contributed by atoms with Crippen LogP contribution in [-0.4, -0.2) is 102 Å². The van der Waals surface area contributed by atoms with Gasteiger partial charge in [-0.1, -0.05) is 56.2 Å². The van der Waals surface area contributed by atoms with E-state index >= 15 is 0 Å². The molecule has 0 bridgehead atoms. The smallest absolute Gasteiger partial charge is 0.404 e. The molecule has 2 saturated carbocycles. The molecule has 3 atom stereocenters. The number of aryl methyl sites for hydroxylation is 1. The number of hydrogen-bond acceptors (Lipinski definition) is 11. The maximum absolute atomic E-state index is 13.1. The van der Waals surface area contributed by atoms with Gasteiger partial charge in [0.2, 0.25) is 15.9 Å². The number of nitrogens with zero attached hydrogens (tertiary/aromatic N) is 1. The van der Waals surface area contributed by atoms with E-state index in [4.69, 9.17) is 10.5 Å². The van der Waals surface area contributed by atoms with E-state index in [9.17, 15) is 42.6 Å². The van der Waals surface area contributed by atoms with E-state index in [0.717, 1.165) is 41.4 Å². The van der Waals surface area contributed by atoms with Crippen LogP contribution < -0.4 is 21.1 Å². The van der Waals surface area contributed by atoms with Crippen LogP contribution in [0.4, 0.5) is 4.79 Å².